The van der Waals surface area contributed by atoms with Crippen LogP contribution in [0.1, 0.15) is 23.7 Å². The predicted molar refractivity (Wildman–Crippen MR) is 82.8 cm³/mol. The maximum Gasteiger partial charge on any atom is 0.123 e. The Morgan fingerprint density at radius 1 is 1.10 bits per heavy atom. The molecule has 0 bridgehead atoms. The van der Waals surface area contributed by atoms with Crippen LogP contribution >= 0.6 is 0 Å². The Morgan fingerprint density at radius 2 is 1.90 bits per heavy atom. The van der Waals surface area contributed by atoms with E-state index in [1.165, 1.54) is 5.56 Å². The fourth-order valence-electron chi connectivity index (χ4n) is 3.40. The molecule has 2 aliphatic rings. The minimum Gasteiger partial charge on any atom is -0.488 e. The van der Waals surface area contributed by atoms with Crippen LogP contribution in [0.2, 0.25) is 0 Å². The van der Waals surface area contributed by atoms with E-state index in [4.69, 9.17) is 4.74 Å². The van der Waals surface area contributed by atoms with Gasteiger partial charge < -0.3 is 14.7 Å². The van der Waals surface area contributed by atoms with Gasteiger partial charge in [-0.05, 0) is 24.1 Å². The van der Waals surface area contributed by atoms with Gasteiger partial charge in [0, 0.05) is 24.2 Å². The maximum atomic E-state index is 10.1. The Kier molecular flexibility index (Phi) is 3.08. The van der Waals surface area contributed by atoms with Crippen LogP contribution in [0.3, 0.4) is 0 Å². The smallest absolute Gasteiger partial charge is 0.123 e. The van der Waals surface area contributed by atoms with Crippen molar-refractivity contribution in [3.63, 3.8) is 0 Å². The molecule has 3 nitrogen and oxygen atoms in total. The topological polar surface area (TPSA) is 32.7 Å². The van der Waals surface area contributed by atoms with E-state index in [2.05, 4.69) is 23.1 Å². The van der Waals surface area contributed by atoms with E-state index in [1.807, 2.05) is 30.3 Å². The summed E-state index contributed by atoms with van der Waals surface area (Å²) in [6.45, 7) is 1.76. The van der Waals surface area contributed by atoms with Crippen LogP contribution in [0.4, 0.5) is 5.69 Å². The van der Waals surface area contributed by atoms with E-state index in [-0.39, 0.29) is 12.2 Å². The van der Waals surface area contributed by atoms with Gasteiger partial charge in [0.25, 0.3) is 0 Å². The second kappa shape index (κ2) is 5.08. The summed E-state index contributed by atoms with van der Waals surface area (Å²) in [7, 11) is 0. The molecule has 21 heavy (non-hydrogen) atoms. The lowest BCUT2D eigenvalue weighted by molar-refractivity contribution is 0.160. The molecule has 2 aliphatic heterocycles. The molecule has 2 aromatic rings. The van der Waals surface area contributed by atoms with Crippen molar-refractivity contribution < 1.29 is 9.84 Å². The fourth-order valence-corrected chi connectivity index (χ4v) is 3.40. The number of fused-ring (bicyclic) bond motifs is 2. The summed E-state index contributed by atoms with van der Waals surface area (Å²) >= 11 is 0. The van der Waals surface area contributed by atoms with E-state index in [9.17, 15) is 5.11 Å². The minimum absolute atomic E-state index is 0.200. The largest absolute Gasteiger partial charge is 0.488 e. The number of nitrogens with zero attached hydrogens (tertiary/aromatic N) is 1. The Labute approximate surface area is 124 Å². The fraction of sp³-hybridized carbons (Fsp3) is 0.333. The van der Waals surface area contributed by atoms with E-state index in [0.717, 1.165) is 42.9 Å². The first-order valence-corrected chi connectivity index (χ1v) is 7.58. The molecule has 0 spiro atoms. The third kappa shape index (κ3) is 2.28. The molecule has 108 valence electrons. The van der Waals surface area contributed by atoms with Crippen molar-refractivity contribution in [1.82, 2.24) is 0 Å². The number of aliphatic hydroxyl groups excluding tert-OH is 1. The molecule has 4 rings (SSSR count). The first-order chi connectivity index (χ1) is 10.3. The van der Waals surface area contributed by atoms with Gasteiger partial charge >= 0.3 is 0 Å². The second-order valence-corrected chi connectivity index (χ2v) is 5.86. The zero-order valence-corrected chi connectivity index (χ0v) is 11.9. The van der Waals surface area contributed by atoms with Gasteiger partial charge in [-0.3, -0.25) is 0 Å². The van der Waals surface area contributed by atoms with E-state index >= 15 is 0 Å². The van der Waals surface area contributed by atoms with Gasteiger partial charge in [-0.1, -0.05) is 36.4 Å². The average Bonchev–Trinajstić information content (AvgIpc) is 2.93. The number of benzene rings is 2. The highest BCUT2D eigenvalue weighted by Gasteiger charge is 2.28. The molecule has 3 heteroatoms. The molecule has 1 N–H and O–H groups in total. The van der Waals surface area contributed by atoms with Crippen LogP contribution in [0.15, 0.2) is 48.5 Å². The lowest BCUT2D eigenvalue weighted by Gasteiger charge is -2.35. The molecule has 0 aliphatic carbocycles. The quantitative estimate of drug-likeness (QED) is 0.918. The summed E-state index contributed by atoms with van der Waals surface area (Å²) < 4.78 is 6.05. The van der Waals surface area contributed by atoms with Crippen molar-refractivity contribution in [2.24, 2.45) is 0 Å². The zero-order chi connectivity index (χ0) is 14.2. The summed E-state index contributed by atoms with van der Waals surface area (Å²) in [5, 5.41) is 10.1. The maximum absolute atomic E-state index is 10.1. The Hall–Kier alpha value is -2.00. The van der Waals surface area contributed by atoms with Gasteiger partial charge in [-0.15, -0.1) is 0 Å². The number of anilines is 1. The summed E-state index contributed by atoms with van der Waals surface area (Å²) in [6, 6.07) is 16.4. The van der Waals surface area contributed by atoms with Crippen molar-refractivity contribution >= 4 is 5.69 Å². The van der Waals surface area contributed by atoms with E-state index in [0.29, 0.717) is 0 Å². The lowest BCUT2D eigenvalue weighted by Crippen LogP contribution is -2.39. The van der Waals surface area contributed by atoms with Gasteiger partial charge in [0.15, 0.2) is 0 Å². The third-order valence-electron chi connectivity index (χ3n) is 4.45. The highest BCUT2D eigenvalue weighted by atomic mass is 16.5. The molecule has 0 saturated heterocycles. The SMILES string of the molecule is OC1CCN(CC2Cc3ccccc3O2)c2ccccc21. The van der Waals surface area contributed by atoms with Crippen LogP contribution in [0, 0.1) is 0 Å². The highest BCUT2D eigenvalue weighted by molar-refractivity contribution is 5.56. The summed E-state index contributed by atoms with van der Waals surface area (Å²) in [5.41, 5.74) is 3.49. The third-order valence-corrected chi connectivity index (χ3v) is 4.45. The normalized spacial score (nSPS) is 23.4. The Balaban J connectivity index is 1.53. The number of para-hydroxylation sites is 2. The lowest BCUT2D eigenvalue weighted by atomic mass is 9.98. The number of aliphatic hydroxyl groups is 1. The van der Waals surface area contributed by atoms with Crippen molar-refractivity contribution in [2.75, 3.05) is 18.0 Å². The van der Waals surface area contributed by atoms with Gasteiger partial charge in [-0.2, -0.15) is 0 Å². The summed E-state index contributed by atoms with van der Waals surface area (Å²) in [4.78, 5) is 2.35. The predicted octanol–water partition coefficient (Wildman–Crippen LogP) is 2.93. The standard InChI is InChI=1S/C18H19NO2/c20-17-9-10-19(16-7-3-2-6-15(16)17)12-14-11-13-5-1-4-8-18(13)21-14/h1-8,14,17,20H,9-12H2. The minimum atomic E-state index is -0.334. The molecule has 2 heterocycles. The summed E-state index contributed by atoms with van der Waals surface area (Å²) in [6.07, 6.45) is 1.62. The number of ether oxygens (including phenoxy) is 1. The van der Waals surface area contributed by atoms with Gasteiger partial charge in [0.05, 0.1) is 12.6 Å². The van der Waals surface area contributed by atoms with Gasteiger partial charge in [0.1, 0.15) is 11.9 Å². The molecule has 0 saturated carbocycles. The average molecular weight is 281 g/mol. The number of hydrogen-bond donors (Lipinski definition) is 1. The molecule has 2 aromatic carbocycles. The first-order valence-electron chi connectivity index (χ1n) is 7.58. The van der Waals surface area contributed by atoms with E-state index in [1.54, 1.807) is 0 Å². The first kappa shape index (κ1) is 12.7. The van der Waals surface area contributed by atoms with Crippen LogP contribution in [-0.4, -0.2) is 24.3 Å². The molecule has 2 unspecified atom stereocenters. The van der Waals surface area contributed by atoms with Gasteiger partial charge in [0.2, 0.25) is 0 Å². The Bertz CT molecular complexity index is 630. The number of hydrogen-bond acceptors (Lipinski definition) is 3. The molecule has 0 radical (unpaired) electrons. The summed E-state index contributed by atoms with van der Waals surface area (Å²) in [5.74, 6) is 1.02. The molecular formula is C18H19NO2. The van der Waals surface area contributed by atoms with Gasteiger partial charge in [-0.25, -0.2) is 0 Å². The van der Waals surface area contributed by atoms with Crippen molar-refractivity contribution in [3.8, 4) is 5.75 Å². The van der Waals surface area contributed by atoms with Crippen LogP contribution in [-0.2, 0) is 6.42 Å². The number of rotatable bonds is 2. The second-order valence-electron chi connectivity index (χ2n) is 5.86. The monoisotopic (exact) mass is 281 g/mol. The Morgan fingerprint density at radius 3 is 2.81 bits per heavy atom. The van der Waals surface area contributed by atoms with Crippen LogP contribution < -0.4 is 9.64 Å². The van der Waals surface area contributed by atoms with Crippen molar-refractivity contribution in [2.45, 2.75) is 25.0 Å². The van der Waals surface area contributed by atoms with E-state index < -0.39 is 0 Å². The molecule has 0 aromatic heterocycles. The molecular weight excluding hydrogens is 262 g/mol. The molecule has 2 atom stereocenters. The molecule has 0 amide bonds. The van der Waals surface area contributed by atoms with Crippen molar-refractivity contribution in [1.29, 1.82) is 0 Å². The van der Waals surface area contributed by atoms with Crippen molar-refractivity contribution in [3.05, 3.63) is 59.7 Å². The zero-order valence-electron chi connectivity index (χ0n) is 11.9. The van der Waals surface area contributed by atoms with Crippen LogP contribution in [0.25, 0.3) is 0 Å². The highest BCUT2D eigenvalue weighted by Crippen LogP contribution is 2.35. The van der Waals surface area contributed by atoms with Crippen LogP contribution in [0.5, 0.6) is 5.75 Å². The molecule has 0 fully saturated rings.